The fourth-order valence-electron chi connectivity index (χ4n) is 3.10. The van der Waals surface area contributed by atoms with Gasteiger partial charge in [-0.05, 0) is 31.4 Å². The molecule has 0 spiro atoms. The number of hydrogen-bond acceptors (Lipinski definition) is 4. The molecule has 2 aliphatic rings. The molecule has 0 aliphatic carbocycles. The Bertz CT molecular complexity index is 526. The van der Waals surface area contributed by atoms with Crippen LogP contribution in [0, 0.1) is 5.92 Å². The van der Waals surface area contributed by atoms with Crippen molar-refractivity contribution >= 4 is 17.6 Å². The molecule has 1 N–H and O–H groups in total. The lowest BCUT2D eigenvalue weighted by molar-refractivity contribution is -0.130. The summed E-state index contributed by atoms with van der Waals surface area (Å²) in [6.07, 6.45) is 5.00. The van der Waals surface area contributed by atoms with Crippen LogP contribution in [0.25, 0.3) is 0 Å². The molecule has 0 atom stereocenters. The van der Waals surface area contributed by atoms with E-state index in [1.54, 1.807) is 12.3 Å². The Morgan fingerprint density at radius 1 is 1.27 bits per heavy atom. The number of amides is 2. The van der Waals surface area contributed by atoms with Gasteiger partial charge < -0.3 is 10.2 Å². The molecule has 2 saturated heterocycles. The van der Waals surface area contributed by atoms with E-state index in [-0.39, 0.29) is 17.7 Å². The monoisotopic (exact) mass is 302 g/mol. The molecule has 2 fully saturated rings. The van der Waals surface area contributed by atoms with Crippen molar-refractivity contribution in [2.45, 2.75) is 25.7 Å². The molecule has 0 aromatic carbocycles. The summed E-state index contributed by atoms with van der Waals surface area (Å²) in [5.41, 5.74) is 0. The van der Waals surface area contributed by atoms with Gasteiger partial charge in [0.2, 0.25) is 11.8 Å². The van der Waals surface area contributed by atoms with E-state index in [1.165, 1.54) is 0 Å². The highest BCUT2D eigenvalue weighted by atomic mass is 16.2. The Balaban J connectivity index is 1.45. The van der Waals surface area contributed by atoms with Crippen molar-refractivity contribution in [2.24, 2.45) is 5.92 Å². The molecule has 6 nitrogen and oxygen atoms in total. The number of rotatable bonds is 4. The lowest BCUT2D eigenvalue weighted by Crippen LogP contribution is -2.44. The van der Waals surface area contributed by atoms with Crippen LogP contribution in [-0.2, 0) is 9.59 Å². The summed E-state index contributed by atoms with van der Waals surface area (Å²) in [6.45, 7) is 3.32. The van der Waals surface area contributed by atoms with Gasteiger partial charge >= 0.3 is 0 Å². The first-order valence-electron chi connectivity index (χ1n) is 7.94. The first-order chi connectivity index (χ1) is 10.7. The lowest BCUT2D eigenvalue weighted by atomic mass is 9.96. The third-order valence-corrected chi connectivity index (χ3v) is 4.42. The Kier molecular flexibility index (Phi) is 4.68. The molecule has 0 unspecified atom stereocenters. The normalized spacial score (nSPS) is 20.4. The highest BCUT2D eigenvalue weighted by Gasteiger charge is 2.28. The van der Waals surface area contributed by atoms with Gasteiger partial charge in [0.25, 0.3) is 0 Å². The van der Waals surface area contributed by atoms with Crippen molar-refractivity contribution in [3.05, 3.63) is 24.4 Å². The van der Waals surface area contributed by atoms with Gasteiger partial charge in [0.1, 0.15) is 5.82 Å². The molecule has 118 valence electrons. The number of piperidine rings is 1. The predicted molar refractivity (Wildman–Crippen MR) is 83.0 cm³/mol. The predicted octanol–water partition coefficient (Wildman–Crippen LogP) is 1.31. The lowest BCUT2D eigenvalue weighted by Gasteiger charge is -2.33. The molecule has 3 rings (SSSR count). The van der Waals surface area contributed by atoms with Crippen molar-refractivity contribution in [1.29, 1.82) is 0 Å². The zero-order valence-electron chi connectivity index (χ0n) is 12.7. The highest BCUT2D eigenvalue weighted by molar-refractivity contribution is 5.91. The molecular weight excluding hydrogens is 280 g/mol. The number of nitrogens with zero attached hydrogens (tertiary/aromatic N) is 3. The van der Waals surface area contributed by atoms with E-state index in [2.05, 4.69) is 15.2 Å². The van der Waals surface area contributed by atoms with Crippen LogP contribution in [0.4, 0.5) is 5.82 Å². The largest absolute Gasteiger partial charge is 0.330 e. The van der Waals surface area contributed by atoms with Gasteiger partial charge in [0.15, 0.2) is 0 Å². The fourth-order valence-corrected chi connectivity index (χ4v) is 3.10. The first-order valence-corrected chi connectivity index (χ1v) is 7.94. The summed E-state index contributed by atoms with van der Waals surface area (Å²) in [7, 11) is 0. The van der Waals surface area contributed by atoms with Crippen LogP contribution >= 0.6 is 0 Å². The number of anilines is 1. The van der Waals surface area contributed by atoms with Crippen LogP contribution in [0.5, 0.6) is 0 Å². The summed E-state index contributed by atoms with van der Waals surface area (Å²) in [5.74, 6) is 0.954. The third kappa shape index (κ3) is 3.62. The highest BCUT2D eigenvalue weighted by Crippen LogP contribution is 2.20. The van der Waals surface area contributed by atoms with Crippen molar-refractivity contribution in [2.75, 3.05) is 31.6 Å². The van der Waals surface area contributed by atoms with Gasteiger partial charge in [-0.15, -0.1) is 0 Å². The van der Waals surface area contributed by atoms with Crippen LogP contribution in [0.1, 0.15) is 25.7 Å². The minimum atomic E-state index is 0.0348. The number of aromatic nitrogens is 1. The molecule has 0 radical (unpaired) electrons. The second-order valence-corrected chi connectivity index (χ2v) is 6.00. The number of pyridine rings is 1. The summed E-state index contributed by atoms with van der Waals surface area (Å²) in [5, 5.41) is 2.87. The zero-order chi connectivity index (χ0) is 15.4. The topological polar surface area (TPSA) is 65.5 Å². The van der Waals surface area contributed by atoms with Crippen molar-refractivity contribution in [1.82, 2.24) is 14.8 Å². The standard InChI is InChI=1S/C16H22N4O2/c21-15-5-3-9-20(15)12-19-10-6-13(7-11-19)16(22)18-14-4-1-2-8-17-14/h1-2,4,8,13H,3,5-7,9-12H2,(H,17,18,22). The van der Waals surface area contributed by atoms with E-state index >= 15 is 0 Å². The quantitative estimate of drug-likeness (QED) is 0.911. The number of hydrogen-bond donors (Lipinski definition) is 1. The van der Waals surface area contributed by atoms with Crippen LogP contribution in [0.15, 0.2) is 24.4 Å². The Morgan fingerprint density at radius 2 is 2.09 bits per heavy atom. The molecule has 6 heteroatoms. The van der Waals surface area contributed by atoms with Crippen molar-refractivity contribution in [3.63, 3.8) is 0 Å². The molecule has 2 aliphatic heterocycles. The first kappa shape index (κ1) is 15.0. The maximum absolute atomic E-state index is 12.2. The maximum Gasteiger partial charge on any atom is 0.228 e. The van der Waals surface area contributed by atoms with E-state index in [9.17, 15) is 9.59 Å². The van der Waals surface area contributed by atoms with E-state index in [0.29, 0.717) is 18.9 Å². The zero-order valence-corrected chi connectivity index (χ0v) is 12.7. The van der Waals surface area contributed by atoms with Gasteiger partial charge in [0, 0.05) is 38.2 Å². The Morgan fingerprint density at radius 3 is 2.73 bits per heavy atom. The molecule has 1 aromatic heterocycles. The van der Waals surface area contributed by atoms with Crippen LogP contribution in [0.3, 0.4) is 0 Å². The summed E-state index contributed by atoms with van der Waals surface area (Å²) in [6, 6.07) is 5.48. The summed E-state index contributed by atoms with van der Waals surface area (Å²) < 4.78 is 0. The molecule has 1 aromatic rings. The van der Waals surface area contributed by atoms with Crippen molar-refractivity contribution in [3.8, 4) is 0 Å². The average molecular weight is 302 g/mol. The molecule has 0 saturated carbocycles. The number of carbonyl (C=O) groups excluding carboxylic acids is 2. The van der Waals surface area contributed by atoms with E-state index in [1.807, 2.05) is 17.0 Å². The smallest absolute Gasteiger partial charge is 0.228 e. The average Bonchev–Trinajstić information content (AvgIpc) is 2.94. The van der Waals surface area contributed by atoms with Crippen molar-refractivity contribution < 1.29 is 9.59 Å². The van der Waals surface area contributed by atoms with Crippen LogP contribution in [0.2, 0.25) is 0 Å². The van der Waals surface area contributed by atoms with E-state index in [4.69, 9.17) is 0 Å². The minimum absolute atomic E-state index is 0.0348. The van der Waals surface area contributed by atoms with Crippen LogP contribution in [-0.4, -0.2) is 52.9 Å². The van der Waals surface area contributed by atoms with Gasteiger partial charge in [-0.25, -0.2) is 4.98 Å². The van der Waals surface area contributed by atoms with Gasteiger partial charge in [-0.1, -0.05) is 6.07 Å². The second kappa shape index (κ2) is 6.87. The molecule has 2 amide bonds. The number of nitrogens with one attached hydrogen (secondary N) is 1. The van der Waals surface area contributed by atoms with Gasteiger partial charge in [0.05, 0.1) is 6.67 Å². The number of likely N-dealkylation sites (tertiary alicyclic amines) is 2. The number of carbonyl (C=O) groups is 2. The minimum Gasteiger partial charge on any atom is -0.330 e. The summed E-state index contributed by atoms with van der Waals surface area (Å²) in [4.78, 5) is 32.2. The fraction of sp³-hybridized carbons (Fsp3) is 0.562. The van der Waals surface area contributed by atoms with Crippen LogP contribution < -0.4 is 5.32 Å². The Hall–Kier alpha value is -1.95. The van der Waals surface area contributed by atoms with E-state index < -0.39 is 0 Å². The molecule has 22 heavy (non-hydrogen) atoms. The van der Waals surface area contributed by atoms with Gasteiger partial charge in [-0.3, -0.25) is 14.5 Å². The third-order valence-electron chi connectivity index (χ3n) is 4.42. The maximum atomic E-state index is 12.2. The molecular formula is C16H22N4O2. The summed E-state index contributed by atoms with van der Waals surface area (Å²) >= 11 is 0. The molecule has 3 heterocycles. The van der Waals surface area contributed by atoms with Gasteiger partial charge in [-0.2, -0.15) is 0 Å². The Labute approximate surface area is 130 Å². The molecule has 0 bridgehead atoms. The van der Waals surface area contributed by atoms with E-state index in [0.717, 1.165) is 38.9 Å². The SMILES string of the molecule is O=C(Nc1ccccn1)C1CCN(CN2CCCC2=O)CC1. The second-order valence-electron chi connectivity index (χ2n) is 6.00.